The summed E-state index contributed by atoms with van der Waals surface area (Å²) >= 11 is 0. The Labute approximate surface area is 76.1 Å². The third-order valence-electron chi connectivity index (χ3n) is 1.69. The lowest BCUT2D eigenvalue weighted by Crippen LogP contribution is -2.01. The van der Waals surface area contributed by atoms with Crippen molar-refractivity contribution in [3.8, 4) is 0 Å². The van der Waals surface area contributed by atoms with Crippen molar-refractivity contribution in [3.63, 3.8) is 0 Å². The van der Waals surface area contributed by atoms with E-state index in [9.17, 15) is 8.78 Å². The summed E-state index contributed by atoms with van der Waals surface area (Å²) in [7, 11) is 0. The van der Waals surface area contributed by atoms with Crippen LogP contribution in [0, 0.1) is 18.6 Å². The fraction of sp³-hybridized carbons (Fsp3) is 0.200. The molecule has 0 aliphatic carbocycles. The monoisotopic (exact) mass is 183 g/mol. The van der Waals surface area contributed by atoms with Gasteiger partial charge in [0.15, 0.2) is 0 Å². The standard InChI is InChI=1S/C10H11F2N/c1-3-4-13-10-6-8(11)7(2)5-9(10)12/h3,5-6,13H,1,4H2,2H3. The molecule has 0 atom stereocenters. The number of halogens is 2. The molecule has 70 valence electrons. The molecular weight excluding hydrogens is 172 g/mol. The molecule has 1 nitrogen and oxygen atoms in total. The zero-order valence-electron chi connectivity index (χ0n) is 7.40. The van der Waals surface area contributed by atoms with Gasteiger partial charge in [-0.25, -0.2) is 8.78 Å². The van der Waals surface area contributed by atoms with Gasteiger partial charge in [0.25, 0.3) is 0 Å². The van der Waals surface area contributed by atoms with Gasteiger partial charge in [0, 0.05) is 12.6 Å². The van der Waals surface area contributed by atoms with Gasteiger partial charge in [0.2, 0.25) is 0 Å². The summed E-state index contributed by atoms with van der Waals surface area (Å²) in [6.45, 7) is 5.41. The average Bonchev–Trinajstić information content (AvgIpc) is 2.09. The molecule has 1 aromatic carbocycles. The van der Waals surface area contributed by atoms with E-state index in [2.05, 4.69) is 11.9 Å². The number of anilines is 1. The summed E-state index contributed by atoms with van der Waals surface area (Å²) in [6.07, 6.45) is 1.58. The average molecular weight is 183 g/mol. The fourth-order valence-corrected chi connectivity index (χ4v) is 0.964. The molecule has 0 aromatic heterocycles. The SMILES string of the molecule is C=CCNc1cc(F)c(C)cc1F. The molecule has 0 saturated heterocycles. The minimum Gasteiger partial charge on any atom is -0.379 e. The highest BCUT2D eigenvalue weighted by Gasteiger charge is 2.05. The van der Waals surface area contributed by atoms with E-state index in [0.29, 0.717) is 12.1 Å². The van der Waals surface area contributed by atoms with Gasteiger partial charge in [0.1, 0.15) is 11.6 Å². The second-order valence-electron chi connectivity index (χ2n) is 2.75. The highest BCUT2D eigenvalue weighted by atomic mass is 19.1. The van der Waals surface area contributed by atoms with Crippen molar-refractivity contribution in [1.29, 1.82) is 0 Å². The van der Waals surface area contributed by atoms with Gasteiger partial charge in [-0.05, 0) is 18.6 Å². The zero-order chi connectivity index (χ0) is 9.84. The first-order valence-corrected chi connectivity index (χ1v) is 3.95. The number of hydrogen-bond donors (Lipinski definition) is 1. The molecule has 0 radical (unpaired) electrons. The van der Waals surface area contributed by atoms with Crippen LogP contribution in [0.1, 0.15) is 5.56 Å². The van der Waals surface area contributed by atoms with Crippen LogP contribution in [0.3, 0.4) is 0 Å². The molecule has 0 bridgehead atoms. The topological polar surface area (TPSA) is 12.0 Å². The number of nitrogens with one attached hydrogen (secondary N) is 1. The van der Waals surface area contributed by atoms with Crippen molar-refractivity contribution in [3.05, 3.63) is 42.0 Å². The van der Waals surface area contributed by atoms with E-state index in [0.717, 1.165) is 6.07 Å². The smallest absolute Gasteiger partial charge is 0.146 e. The van der Waals surface area contributed by atoms with Crippen molar-refractivity contribution in [2.45, 2.75) is 6.92 Å². The Morgan fingerprint density at radius 2 is 2.08 bits per heavy atom. The Bertz CT molecular complexity index is 321. The maximum Gasteiger partial charge on any atom is 0.146 e. The fourth-order valence-electron chi connectivity index (χ4n) is 0.964. The molecule has 13 heavy (non-hydrogen) atoms. The molecule has 1 N–H and O–H groups in total. The van der Waals surface area contributed by atoms with E-state index >= 15 is 0 Å². The molecule has 1 rings (SSSR count). The van der Waals surface area contributed by atoms with Crippen LogP contribution in [-0.4, -0.2) is 6.54 Å². The predicted molar refractivity (Wildman–Crippen MR) is 49.8 cm³/mol. The van der Waals surface area contributed by atoms with Crippen LogP contribution in [0.2, 0.25) is 0 Å². The van der Waals surface area contributed by atoms with E-state index in [1.807, 2.05) is 0 Å². The van der Waals surface area contributed by atoms with E-state index in [1.165, 1.54) is 13.0 Å². The molecule has 0 unspecified atom stereocenters. The van der Waals surface area contributed by atoms with Crippen molar-refractivity contribution in [1.82, 2.24) is 0 Å². The van der Waals surface area contributed by atoms with E-state index in [4.69, 9.17) is 0 Å². The molecular formula is C10H11F2N. The van der Waals surface area contributed by atoms with Gasteiger partial charge in [-0.2, -0.15) is 0 Å². The summed E-state index contributed by atoms with van der Waals surface area (Å²) in [5.74, 6) is -0.853. The van der Waals surface area contributed by atoms with Crippen LogP contribution >= 0.6 is 0 Å². The first-order valence-electron chi connectivity index (χ1n) is 3.95. The maximum absolute atomic E-state index is 13.1. The van der Waals surface area contributed by atoms with Crippen LogP contribution in [0.25, 0.3) is 0 Å². The van der Waals surface area contributed by atoms with Crippen molar-refractivity contribution in [2.75, 3.05) is 11.9 Å². The predicted octanol–water partition coefficient (Wildman–Crippen LogP) is 2.87. The van der Waals surface area contributed by atoms with E-state index in [1.54, 1.807) is 6.08 Å². The van der Waals surface area contributed by atoms with Crippen molar-refractivity contribution in [2.24, 2.45) is 0 Å². The minimum atomic E-state index is -0.444. The second kappa shape index (κ2) is 4.03. The normalized spacial score (nSPS) is 9.77. The van der Waals surface area contributed by atoms with Crippen molar-refractivity contribution >= 4 is 5.69 Å². The number of rotatable bonds is 3. The zero-order valence-corrected chi connectivity index (χ0v) is 7.40. The summed E-state index contributed by atoms with van der Waals surface area (Å²) in [5.41, 5.74) is 0.477. The van der Waals surface area contributed by atoms with Gasteiger partial charge >= 0.3 is 0 Å². The Morgan fingerprint density at radius 1 is 1.38 bits per heavy atom. The third kappa shape index (κ3) is 2.28. The summed E-state index contributed by atoms with van der Waals surface area (Å²) in [4.78, 5) is 0. The summed E-state index contributed by atoms with van der Waals surface area (Å²) in [5, 5.41) is 2.70. The second-order valence-corrected chi connectivity index (χ2v) is 2.75. The van der Waals surface area contributed by atoms with Crippen LogP contribution in [0.15, 0.2) is 24.8 Å². The van der Waals surface area contributed by atoms with Crippen LogP contribution in [0.4, 0.5) is 14.5 Å². The molecule has 0 fully saturated rings. The molecule has 0 heterocycles. The van der Waals surface area contributed by atoms with Crippen molar-refractivity contribution < 1.29 is 8.78 Å². The van der Waals surface area contributed by atoms with Gasteiger partial charge in [-0.1, -0.05) is 6.08 Å². The van der Waals surface area contributed by atoms with E-state index in [-0.39, 0.29) is 5.69 Å². The number of hydrogen-bond acceptors (Lipinski definition) is 1. The first-order chi connectivity index (χ1) is 6.15. The molecule has 3 heteroatoms. The largest absolute Gasteiger partial charge is 0.379 e. The number of aryl methyl sites for hydroxylation is 1. The van der Waals surface area contributed by atoms with Gasteiger partial charge in [-0.3, -0.25) is 0 Å². The summed E-state index contributed by atoms with van der Waals surface area (Å²) in [6, 6.07) is 2.31. The Kier molecular flexibility index (Phi) is 3.01. The molecule has 0 saturated carbocycles. The first kappa shape index (κ1) is 9.71. The lowest BCUT2D eigenvalue weighted by Gasteiger charge is -2.06. The number of benzene rings is 1. The Morgan fingerprint density at radius 3 is 2.69 bits per heavy atom. The van der Waals surface area contributed by atoms with Crippen LogP contribution < -0.4 is 5.32 Å². The molecule has 0 aliphatic heterocycles. The molecule has 0 amide bonds. The minimum absolute atomic E-state index is 0.169. The quantitative estimate of drug-likeness (QED) is 0.710. The van der Waals surface area contributed by atoms with Crippen LogP contribution in [0.5, 0.6) is 0 Å². The summed E-state index contributed by atoms with van der Waals surface area (Å²) < 4.78 is 26.0. The maximum atomic E-state index is 13.1. The molecule has 0 aliphatic rings. The van der Waals surface area contributed by atoms with Crippen LogP contribution in [-0.2, 0) is 0 Å². The lowest BCUT2D eigenvalue weighted by atomic mass is 10.2. The Balaban J connectivity index is 2.94. The van der Waals surface area contributed by atoms with Gasteiger partial charge < -0.3 is 5.32 Å². The molecule has 0 spiro atoms. The highest BCUT2D eigenvalue weighted by molar-refractivity contribution is 5.47. The molecule has 1 aromatic rings. The lowest BCUT2D eigenvalue weighted by molar-refractivity contribution is 0.595. The Hall–Kier alpha value is -1.38. The van der Waals surface area contributed by atoms with Gasteiger partial charge in [0.05, 0.1) is 5.69 Å². The third-order valence-corrected chi connectivity index (χ3v) is 1.69. The highest BCUT2D eigenvalue weighted by Crippen LogP contribution is 2.18. The van der Waals surface area contributed by atoms with E-state index < -0.39 is 11.6 Å². The van der Waals surface area contributed by atoms with Gasteiger partial charge in [-0.15, -0.1) is 6.58 Å².